The SMILES string of the molecule is Bc1c(B)c(B)c(Cc2ccccc2Br)c(B)c1B. The van der Waals surface area contributed by atoms with Gasteiger partial charge in [-0.25, -0.2) is 0 Å². The number of hydrogen-bond donors (Lipinski definition) is 0. The summed E-state index contributed by atoms with van der Waals surface area (Å²) < 4.78 is 1.20. The van der Waals surface area contributed by atoms with E-state index in [1.165, 1.54) is 42.9 Å². The molecular formula is C13H16B5Br. The summed E-state index contributed by atoms with van der Waals surface area (Å²) in [6.07, 6.45) is 1.00. The van der Waals surface area contributed by atoms with Crippen molar-refractivity contribution in [3.63, 3.8) is 0 Å². The Kier molecular flexibility index (Phi) is 4.40. The van der Waals surface area contributed by atoms with Crippen molar-refractivity contribution in [2.75, 3.05) is 0 Å². The predicted molar refractivity (Wildman–Crippen MR) is 104 cm³/mol. The minimum atomic E-state index is 1.00. The topological polar surface area (TPSA) is 0 Å². The van der Waals surface area contributed by atoms with Crippen LogP contribution in [0.1, 0.15) is 11.1 Å². The zero-order valence-corrected chi connectivity index (χ0v) is 14.0. The van der Waals surface area contributed by atoms with Gasteiger partial charge in [0.25, 0.3) is 0 Å². The predicted octanol–water partition coefficient (Wildman–Crippen LogP) is -4.67. The van der Waals surface area contributed by atoms with Crippen LogP contribution in [-0.4, -0.2) is 39.2 Å². The molecule has 0 saturated heterocycles. The van der Waals surface area contributed by atoms with Crippen molar-refractivity contribution >= 4 is 82.5 Å². The fourth-order valence-electron chi connectivity index (χ4n) is 2.68. The lowest BCUT2D eigenvalue weighted by molar-refractivity contribution is 1.21. The van der Waals surface area contributed by atoms with Gasteiger partial charge in [-0.3, -0.25) is 0 Å². The third-order valence-electron chi connectivity index (χ3n) is 4.48. The Morgan fingerprint density at radius 1 is 0.737 bits per heavy atom. The number of rotatable bonds is 2. The normalized spacial score (nSPS) is 10.6. The molecule has 0 spiro atoms. The van der Waals surface area contributed by atoms with Gasteiger partial charge in [0, 0.05) is 4.47 Å². The lowest BCUT2D eigenvalue weighted by Crippen LogP contribution is -2.56. The maximum atomic E-state index is 3.65. The quantitative estimate of drug-likeness (QED) is 0.490. The molecule has 90 valence electrons. The van der Waals surface area contributed by atoms with E-state index in [1.54, 1.807) is 0 Å². The van der Waals surface area contributed by atoms with E-state index in [9.17, 15) is 0 Å². The Morgan fingerprint density at radius 2 is 1.21 bits per heavy atom. The summed E-state index contributed by atoms with van der Waals surface area (Å²) in [6, 6.07) is 8.50. The van der Waals surface area contributed by atoms with Gasteiger partial charge in [0.1, 0.15) is 39.2 Å². The fourth-order valence-corrected chi connectivity index (χ4v) is 3.10. The van der Waals surface area contributed by atoms with Crippen molar-refractivity contribution in [2.45, 2.75) is 6.42 Å². The minimum Gasteiger partial charge on any atom is -0.102 e. The smallest absolute Gasteiger partial charge is 0.102 e. The molecule has 0 bridgehead atoms. The number of halogens is 1. The molecule has 0 aromatic heterocycles. The van der Waals surface area contributed by atoms with Crippen LogP contribution in [0.25, 0.3) is 0 Å². The lowest BCUT2D eigenvalue weighted by atomic mass is 9.60. The van der Waals surface area contributed by atoms with Crippen molar-refractivity contribution in [2.24, 2.45) is 0 Å². The molecule has 19 heavy (non-hydrogen) atoms. The van der Waals surface area contributed by atoms with Gasteiger partial charge >= 0.3 is 0 Å². The molecule has 0 unspecified atom stereocenters. The van der Waals surface area contributed by atoms with Gasteiger partial charge in [0.15, 0.2) is 0 Å². The first kappa shape index (κ1) is 14.6. The molecule has 0 aliphatic carbocycles. The molecule has 2 rings (SSSR count). The van der Waals surface area contributed by atoms with Crippen LogP contribution in [0, 0.1) is 0 Å². The molecule has 0 atom stereocenters. The summed E-state index contributed by atoms with van der Waals surface area (Å²) in [6.45, 7) is 0. The molecule has 0 nitrogen and oxygen atoms in total. The van der Waals surface area contributed by atoms with E-state index in [1.807, 2.05) is 0 Å². The summed E-state index contributed by atoms with van der Waals surface area (Å²) in [5.41, 5.74) is 10.0. The Labute approximate surface area is 128 Å². The van der Waals surface area contributed by atoms with Gasteiger partial charge in [-0.15, -0.1) is 16.4 Å². The highest BCUT2D eigenvalue weighted by Crippen LogP contribution is 2.17. The molecular weight excluding hydrogens is 290 g/mol. The molecule has 0 N–H and O–H groups in total. The van der Waals surface area contributed by atoms with E-state index >= 15 is 0 Å². The number of benzene rings is 2. The summed E-state index contributed by atoms with van der Waals surface area (Å²) in [4.78, 5) is 0. The van der Waals surface area contributed by atoms with Gasteiger partial charge in [-0.05, 0) is 18.1 Å². The summed E-state index contributed by atoms with van der Waals surface area (Å²) >= 11 is 3.65. The summed E-state index contributed by atoms with van der Waals surface area (Å²) in [7, 11) is 11.2. The van der Waals surface area contributed by atoms with Crippen molar-refractivity contribution in [1.29, 1.82) is 0 Å². The molecule has 0 saturated carbocycles. The molecule has 6 heteroatoms. The van der Waals surface area contributed by atoms with Gasteiger partial charge in [-0.2, -0.15) is 0 Å². The second-order valence-electron chi connectivity index (χ2n) is 5.37. The Balaban J connectivity index is 2.56. The van der Waals surface area contributed by atoms with Crippen LogP contribution < -0.4 is 27.3 Å². The molecule has 2 aromatic carbocycles. The summed E-state index contributed by atoms with van der Waals surface area (Å²) in [5.74, 6) is 0. The Hall–Kier alpha value is -0.755. The zero-order chi connectivity index (χ0) is 14.2. The molecule has 0 aliphatic heterocycles. The largest absolute Gasteiger partial charge is 0.138 e. The highest BCUT2D eigenvalue weighted by molar-refractivity contribution is 9.10. The van der Waals surface area contributed by atoms with Gasteiger partial charge in [0.2, 0.25) is 0 Å². The zero-order valence-electron chi connectivity index (χ0n) is 12.4. The lowest BCUT2D eigenvalue weighted by Gasteiger charge is -2.20. The fraction of sp³-hybridized carbons (Fsp3) is 0.0769. The molecule has 0 fully saturated rings. The van der Waals surface area contributed by atoms with Crippen LogP contribution in [0.3, 0.4) is 0 Å². The van der Waals surface area contributed by atoms with Gasteiger partial charge in [0.05, 0.1) is 0 Å². The monoisotopic (exact) mass is 306 g/mol. The number of hydrogen-bond acceptors (Lipinski definition) is 0. The van der Waals surface area contributed by atoms with Gasteiger partial charge < -0.3 is 0 Å². The molecule has 0 amide bonds. The van der Waals surface area contributed by atoms with Crippen molar-refractivity contribution < 1.29 is 0 Å². The van der Waals surface area contributed by atoms with Crippen LogP contribution in [0.5, 0.6) is 0 Å². The molecule has 0 heterocycles. The Morgan fingerprint density at radius 3 is 1.74 bits per heavy atom. The summed E-state index contributed by atoms with van der Waals surface area (Å²) in [5, 5.41) is 0. The van der Waals surface area contributed by atoms with E-state index in [4.69, 9.17) is 0 Å². The van der Waals surface area contributed by atoms with Gasteiger partial charge in [-0.1, -0.05) is 50.6 Å². The molecule has 0 aliphatic rings. The highest BCUT2D eigenvalue weighted by Gasteiger charge is 2.12. The van der Waals surface area contributed by atoms with Crippen LogP contribution >= 0.6 is 15.9 Å². The molecule has 0 radical (unpaired) electrons. The van der Waals surface area contributed by atoms with E-state index in [2.05, 4.69) is 79.4 Å². The third-order valence-corrected chi connectivity index (χ3v) is 5.25. The van der Waals surface area contributed by atoms with Crippen LogP contribution in [0.2, 0.25) is 0 Å². The van der Waals surface area contributed by atoms with Crippen molar-refractivity contribution in [3.05, 3.63) is 39.9 Å². The maximum Gasteiger partial charge on any atom is 0.138 e. The van der Waals surface area contributed by atoms with E-state index in [-0.39, 0.29) is 0 Å². The van der Waals surface area contributed by atoms with E-state index in [0.29, 0.717) is 0 Å². The van der Waals surface area contributed by atoms with Crippen LogP contribution in [0.4, 0.5) is 0 Å². The maximum absolute atomic E-state index is 3.65. The average molecular weight is 306 g/mol. The second-order valence-corrected chi connectivity index (χ2v) is 6.23. The minimum absolute atomic E-state index is 1.00. The Bertz CT molecular complexity index is 610. The van der Waals surface area contributed by atoms with Crippen molar-refractivity contribution in [1.82, 2.24) is 0 Å². The van der Waals surface area contributed by atoms with Crippen LogP contribution in [-0.2, 0) is 6.42 Å². The van der Waals surface area contributed by atoms with Crippen LogP contribution in [0.15, 0.2) is 28.7 Å². The van der Waals surface area contributed by atoms with Crippen molar-refractivity contribution in [3.8, 4) is 0 Å². The average Bonchev–Trinajstić information content (AvgIpc) is 2.41. The first-order valence-electron chi connectivity index (χ1n) is 6.72. The van der Waals surface area contributed by atoms with E-state index < -0.39 is 0 Å². The third kappa shape index (κ3) is 2.74. The van der Waals surface area contributed by atoms with E-state index in [0.717, 1.165) is 6.42 Å². The second kappa shape index (κ2) is 5.70. The first-order valence-corrected chi connectivity index (χ1v) is 7.52. The highest BCUT2D eigenvalue weighted by atomic mass is 79.9. The first-order chi connectivity index (χ1) is 8.93. The molecule has 2 aromatic rings. The standard InChI is InChI=1S/C13H16B5Br/c14-9-7(5-6-3-1-2-4-8(6)19)10(15)12(17)13(18)11(9)16/h1-4H,5,14-18H2.